The summed E-state index contributed by atoms with van der Waals surface area (Å²) in [7, 11) is 1.62. The maximum Gasteiger partial charge on any atom is 0.282 e. The summed E-state index contributed by atoms with van der Waals surface area (Å²) in [6, 6.07) is 4.64. The van der Waals surface area contributed by atoms with Gasteiger partial charge in [0.2, 0.25) is 5.91 Å². The number of carbonyl (C=O) groups excluding carboxylic acids is 1. The molecule has 0 spiro atoms. The number of piperazine rings is 2. The minimum absolute atomic E-state index is 0.0911. The minimum Gasteiger partial charge on any atom is -0.494 e. The van der Waals surface area contributed by atoms with Crippen molar-refractivity contribution in [3.05, 3.63) is 29.6 Å². The fourth-order valence-electron chi connectivity index (χ4n) is 3.78. The van der Waals surface area contributed by atoms with Crippen LogP contribution in [0.5, 0.6) is 5.75 Å². The van der Waals surface area contributed by atoms with E-state index in [1.54, 1.807) is 28.4 Å². The van der Waals surface area contributed by atoms with Gasteiger partial charge in [-0.2, -0.15) is 17.0 Å². The highest BCUT2D eigenvalue weighted by molar-refractivity contribution is 7.86. The Balaban J connectivity index is 1.47. The maximum atomic E-state index is 13.9. The van der Waals surface area contributed by atoms with Crippen LogP contribution < -0.4 is 4.74 Å². The monoisotopic (exact) mass is 457 g/mol. The van der Waals surface area contributed by atoms with Crippen molar-refractivity contribution in [3.8, 4) is 5.75 Å². The summed E-state index contributed by atoms with van der Waals surface area (Å²) < 4.78 is 47.6. The van der Waals surface area contributed by atoms with Crippen LogP contribution in [0, 0.1) is 5.82 Å². The highest BCUT2D eigenvalue weighted by Crippen LogP contribution is 2.19. The fourth-order valence-corrected chi connectivity index (χ4v) is 5.36. The lowest BCUT2D eigenvalue weighted by Gasteiger charge is -2.39. The third-order valence-corrected chi connectivity index (χ3v) is 7.90. The Bertz CT molecular complexity index is 868. The maximum absolute atomic E-state index is 13.9. The van der Waals surface area contributed by atoms with Crippen LogP contribution in [0.1, 0.15) is 5.56 Å². The second-order valence-corrected chi connectivity index (χ2v) is 10.0. The molecule has 0 atom stereocenters. The zero-order chi connectivity index (χ0) is 22.6. The summed E-state index contributed by atoms with van der Waals surface area (Å²) in [6.45, 7) is 4.73. The van der Waals surface area contributed by atoms with Crippen molar-refractivity contribution in [2.24, 2.45) is 0 Å². The van der Waals surface area contributed by atoms with Crippen molar-refractivity contribution in [3.63, 3.8) is 0 Å². The van der Waals surface area contributed by atoms with Gasteiger partial charge in [-0.25, -0.2) is 4.39 Å². The number of methoxy groups -OCH3 is 1. The molecular formula is C20H32FN5O4S. The van der Waals surface area contributed by atoms with Gasteiger partial charge in [-0.3, -0.25) is 9.69 Å². The predicted molar refractivity (Wildman–Crippen MR) is 115 cm³/mol. The molecule has 9 nitrogen and oxygen atoms in total. The fraction of sp³-hybridized carbons (Fsp3) is 0.650. The SMILES string of the molecule is COc1ccc(CN(C)C(=O)CN2CCN(S(=O)(=O)N3CCN(C)CC3)CC2)cc1F. The zero-order valence-corrected chi connectivity index (χ0v) is 19.3. The Morgan fingerprint density at radius 2 is 1.65 bits per heavy atom. The topological polar surface area (TPSA) is 76.6 Å². The van der Waals surface area contributed by atoms with Gasteiger partial charge >= 0.3 is 0 Å². The molecule has 0 aliphatic carbocycles. The average molecular weight is 458 g/mol. The molecule has 11 heteroatoms. The van der Waals surface area contributed by atoms with Gasteiger partial charge in [0.15, 0.2) is 11.6 Å². The van der Waals surface area contributed by atoms with Crippen LogP contribution in [0.25, 0.3) is 0 Å². The van der Waals surface area contributed by atoms with Gasteiger partial charge in [0.1, 0.15) is 0 Å². The van der Waals surface area contributed by atoms with E-state index in [0.29, 0.717) is 44.8 Å². The van der Waals surface area contributed by atoms with Gasteiger partial charge in [-0.1, -0.05) is 6.07 Å². The van der Waals surface area contributed by atoms with Crippen LogP contribution in [-0.4, -0.2) is 118 Å². The molecule has 0 radical (unpaired) electrons. The molecule has 0 N–H and O–H groups in total. The molecule has 2 saturated heterocycles. The van der Waals surface area contributed by atoms with Gasteiger partial charge in [-0.05, 0) is 24.7 Å². The average Bonchev–Trinajstić information content (AvgIpc) is 2.74. The Morgan fingerprint density at radius 1 is 1.06 bits per heavy atom. The molecule has 1 aromatic rings. The number of likely N-dealkylation sites (N-methyl/N-ethyl adjacent to an activating group) is 2. The summed E-state index contributed by atoms with van der Waals surface area (Å²) >= 11 is 0. The number of nitrogens with zero attached hydrogens (tertiary/aromatic N) is 5. The molecule has 2 aliphatic rings. The molecular weight excluding hydrogens is 425 g/mol. The third kappa shape index (κ3) is 5.92. The molecule has 1 amide bonds. The summed E-state index contributed by atoms with van der Waals surface area (Å²) in [5, 5.41) is 0. The van der Waals surface area contributed by atoms with Gasteiger partial charge in [0.25, 0.3) is 10.2 Å². The van der Waals surface area contributed by atoms with Gasteiger partial charge in [0, 0.05) is 66.0 Å². The first-order chi connectivity index (χ1) is 14.7. The number of hydrogen-bond donors (Lipinski definition) is 0. The molecule has 2 fully saturated rings. The molecule has 1 aromatic carbocycles. The second-order valence-electron chi connectivity index (χ2n) is 8.10. The number of ether oxygens (including phenoxy) is 1. The summed E-state index contributed by atoms with van der Waals surface area (Å²) in [6.07, 6.45) is 0. The van der Waals surface area contributed by atoms with Crippen LogP contribution in [0.15, 0.2) is 18.2 Å². The second kappa shape index (κ2) is 10.2. The molecule has 0 aromatic heterocycles. The number of benzene rings is 1. The van der Waals surface area contributed by atoms with Crippen molar-refractivity contribution in [1.82, 2.24) is 23.3 Å². The molecule has 0 saturated carbocycles. The Morgan fingerprint density at radius 3 is 2.19 bits per heavy atom. The highest BCUT2D eigenvalue weighted by atomic mass is 32.2. The molecule has 31 heavy (non-hydrogen) atoms. The van der Waals surface area contributed by atoms with Crippen molar-refractivity contribution < 1.29 is 22.3 Å². The molecule has 2 heterocycles. The summed E-state index contributed by atoms with van der Waals surface area (Å²) in [5.41, 5.74) is 0.678. The predicted octanol–water partition coefficient (Wildman–Crippen LogP) is -0.0975. The van der Waals surface area contributed by atoms with E-state index in [1.165, 1.54) is 17.5 Å². The van der Waals surface area contributed by atoms with E-state index < -0.39 is 16.0 Å². The molecule has 3 rings (SSSR count). The summed E-state index contributed by atoms with van der Waals surface area (Å²) in [4.78, 5) is 18.2. The molecule has 0 bridgehead atoms. The number of carbonyl (C=O) groups is 1. The quantitative estimate of drug-likeness (QED) is 0.569. The van der Waals surface area contributed by atoms with Gasteiger partial charge in [0.05, 0.1) is 13.7 Å². The molecule has 2 aliphatic heterocycles. The van der Waals surface area contributed by atoms with Crippen molar-refractivity contribution in [2.75, 3.05) is 80.1 Å². The number of rotatable bonds is 7. The van der Waals surface area contributed by atoms with Gasteiger partial charge in [-0.15, -0.1) is 0 Å². The lowest BCUT2D eigenvalue weighted by Crippen LogP contribution is -2.57. The lowest BCUT2D eigenvalue weighted by atomic mass is 10.2. The van der Waals surface area contributed by atoms with Crippen molar-refractivity contribution in [1.29, 1.82) is 0 Å². The number of halogens is 1. The van der Waals surface area contributed by atoms with Gasteiger partial charge < -0.3 is 14.5 Å². The van der Waals surface area contributed by atoms with Crippen LogP contribution in [-0.2, 0) is 21.5 Å². The Labute approximate surface area is 184 Å². The third-order valence-electron chi connectivity index (χ3n) is 5.87. The molecule has 0 unspecified atom stereocenters. The van der Waals surface area contributed by atoms with Crippen LogP contribution in [0.4, 0.5) is 4.39 Å². The Kier molecular flexibility index (Phi) is 7.87. The molecule has 174 valence electrons. The number of hydrogen-bond acceptors (Lipinski definition) is 6. The largest absolute Gasteiger partial charge is 0.494 e. The lowest BCUT2D eigenvalue weighted by molar-refractivity contribution is -0.131. The summed E-state index contributed by atoms with van der Waals surface area (Å²) in [5.74, 6) is -0.382. The van der Waals surface area contributed by atoms with E-state index in [0.717, 1.165) is 13.1 Å². The van der Waals surface area contributed by atoms with E-state index in [1.807, 2.05) is 11.9 Å². The van der Waals surface area contributed by atoms with Crippen LogP contribution >= 0.6 is 0 Å². The van der Waals surface area contributed by atoms with Crippen LogP contribution in [0.3, 0.4) is 0 Å². The highest BCUT2D eigenvalue weighted by Gasteiger charge is 2.34. The van der Waals surface area contributed by atoms with E-state index in [2.05, 4.69) is 4.90 Å². The van der Waals surface area contributed by atoms with Crippen molar-refractivity contribution in [2.45, 2.75) is 6.54 Å². The first kappa shape index (κ1) is 23.9. The van der Waals surface area contributed by atoms with Crippen LogP contribution in [0.2, 0.25) is 0 Å². The van der Waals surface area contributed by atoms with E-state index >= 15 is 0 Å². The van der Waals surface area contributed by atoms with E-state index in [4.69, 9.17) is 4.74 Å². The van der Waals surface area contributed by atoms with E-state index in [9.17, 15) is 17.6 Å². The minimum atomic E-state index is -3.46. The standard InChI is InChI=1S/C20H32FN5O4S/c1-22-6-10-25(11-7-22)31(28,29)26-12-8-24(9-13-26)16-20(27)23(2)15-17-4-5-19(30-3)18(21)14-17/h4-5,14H,6-13,15-16H2,1-3H3. The Hall–Kier alpha value is -1.79. The zero-order valence-electron chi connectivity index (χ0n) is 18.5. The van der Waals surface area contributed by atoms with E-state index in [-0.39, 0.29) is 24.7 Å². The smallest absolute Gasteiger partial charge is 0.282 e. The number of amides is 1. The first-order valence-electron chi connectivity index (χ1n) is 10.4. The van der Waals surface area contributed by atoms with Crippen molar-refractivity contribution >= 4 is 16.1 Å². The first-order valence-corrected chi connectivity index (χ1v) is 11.8. The normalized spacial score (nSPS) is 20.0.